The molecule has 0 aliphatic rings. The summed E-state index contributed by atoms with van der Waals surface area (Å²) in [6.45, 7) is 27.2. The molecule has 0 saturated carbocycles. The van der Waals surface area contributed by atoms with Gasteiger partial charge in [-0.3, -0.25) is 0 Å². The van der Waals surface area contributed by atoms with Gasteiger partial charge in [-0.25, -0.2) is 0 Å². The summed E-state index contributed by atoms with van der Waals surface area (Å²) in [5.74, 6) is 0. The second-order valence-electron chi connectivity index (χ2n) is 18.7. The summed E-state index contributed by atoms with van der Waals surface area (Å²) in [7, 11) is 0. The predicted molar refractivity (Wildman–Crippen MR) is 241 cm³/mol. The number of fused-ring (bicyclic) bond motifs is 2. The van der Waals surface area contributed by atoms with Crippen molar-refractivity contribution in [1.29, 1.82) is 0 Å². The zero-order valence-electron chi connectivity index (χ0n) is 35.1. The Kier molecular flexibility index (Phi) is 9.70. The molecule has 0 fully saturated rings. The van der Waals surface area contributed by atoms with Gasteiger partial charge >= 0.3 is 0 Å². The largest absolute Gasteiger partial charge is 0.309 e. The van der Waals surface area contributed by atoms with E-state index in [9.17, 15) is 0 Å². The van der Waals surface area contributed by atoms with Crippen LogP contribution in [0.2, 0.25) is 0 Å². The number of nitrogens with zero attached hydrogens (tertiary/aromatic N) is 2. The first-order valence-electron chi connectivity index (χ1n) is 19.9. The lowest BCUT2D eigenvalue weighted by Gasteiger charge is -2.34. The molecular formula is C53H58N2. The van der Waals surface area contributed by atoms with Gasteiger partial charge in [-0.1, -0.05) is 152 Å². The van der Waals surface area contributed by atoms with E-state index in [1.165, 1.54) is 66.3 Å². The molecule has 7 aromatic carbocycles. The lowest BCUT2D eigenvalue weighted by Crippen LogP contribution is -2.17. The second kappa shape index (κ2) is 14.1. The highest BCUT2D eigenvalue weighted by atomic mass is 15.2. The van der Waals surface area contributed by atoms with Gasteiger partial charge in [0.1, 0.15) is 0 Å². The maximum absolute atomic E-state index is 2.50. The molecule has 2 heteroatoms. The molecular weight excluding hydrogens is 665 g/mol. The third-order valence-corrected chi connectivity index (χ3v) is 11.1. The summed E-state index contributed by atoms with van der Waals surface area (Å²) in [6.07, 6.45) is 0. The molecule has 0 aliphatic heterocycles. The van der Waals surface area contributed by atoms with E-state index >= 15 is 0 Å². The van der Waals surface area contributed by atoms with Crippen LogP contribution in [0, 0.1) is 20.8 Å². The summed E-state index contributed by atoms with van der Waals surface area (Å²) in [5, 5.41) is 4.87. The normalized spacial score (nSPS) is 12.4. The van der Waals surface area contributed by atoms with Gasteiger partial charge in [-0.2, -0.15) is 0 Å². The molecule has 0 radical (unpaired) electrons. The predicted octanol–water partition coefficient (Wildman–Crippen LogP) is 15.8. The fourth-order valence-corrected chi connectivity index (χ4v) is 7.67. The van der Waals surface area contributed by atoms with Crippen LogP contribution in [0.3, 0.4) is 0 Å². The highest BCUT2D eigenvalue weighted by Crippen LogP contribution is 2.52. The Hall–Kier alpha value is -5.34. The molecule has 0 aromatic heterocycles. The summed E-state index contributed by atoms with van der Waals surface area (Å²) in [4.78, 5) is 4.99. The molecule has 0 N–H and O–H groups in total. The van der Waals surface area contributed by atoms with Gasteiger partial charge in [0, 0.05) is 44.3 Å². The first kappa shape index (κ1) is 38.0. The van der Waals surface area contributed by atoms with Crippen LogP contribution < -0.4 is 9.80 Å². The van der Waals surface area contributed by atoms with Crippen molar-refractivity contribution < 1.29 is 0 Å². The number of hydrogen-bond donors (Lipinski definition) is 0. The van der Waals surface area contributed by atoms with E-state index in [0.29, 0.717) is 0 Å². The first-order chi connectivity index (χ1) is 25.9. The molecule has 0 heterocycles. The van der Waals surface area contributed by atoms with Gasteiger partial charge in [-0.05, 0) is 114 Å². The second-order valence-corrected chi connectivity index (χ2v) is 18.7. The number of benzene rings is 7. The van der Waals surface area contributed by atoms with Crippen LogP contribution in [0.25, 0.3) is 21.5 Å². The lowest BCUT2D eigenvalue weighted by atomic mass is 9.84. The van der Waals surface area contributed by atoms with Gasteiger partial charge in [0.25, 0.3) is 0 Å². The zero-order chi connectivity index (χ0) is 39.4. The standard InChI is InChI=1S/C53H58N2/c1-35-13-23-41(24-14-35)54(43-27-18-38(19-28-43)51(4,5)6)49-46-32-22-40(53(10,11)12)34-48(46)50(45-31-17-37(3)33-47(45)49)55(42-25-15-36(2)16-26-42)44-29-20-39(21-30-44)52(7,8)9/h13-34H,1-12H3. The van der Waals surface area contributed by atoms with Gasteiger partial charge in [0.15, 0.2) is 0 Å². The number of aryl methyl sites for hydroxylation is 3. The summed E-state index contributed by atoms with van der Waals surface area (Å²) < 4.78 is 0. The maximum atomic E-state index is 2.50. The lowest BCUT2D eigenvalue weighted by molar-refractivity contribution is 0.590. The Morgan fingerprint density at radius 1 is 0.291 bits per heavy atom. The van der Waals surface area contributed by atoms with E-state index in [1.807, 2.05) is 0 Å². The van der Waals surface area contributed by atoms with Gasteiger partial charge in [0.05, 0.1) is 11.4 Å². The van der Waals surface area contributed by atoms with E-state index in [0.717, 1.165) is 22.7 Å². The topological polar surface area (TPSA) is 6.48 Å². The summed E-state index contributed by atoms with van der Waals surface area (Å²) >= 11 is 0. The van der Waals surface area contributed by atoms with Crippen LogP contribution in [0.1, 0.15) is 95.7 Å². The average Bonchev–Trinajstić information content (AvgIpc) is 3.13. The molecule has 0 amide bonds. The molecule has 0 unspecified atom stereocenters. The van der Waals surface area contributed by atoms with Crippen molar-refractivity contribution >= 4 is 55.7 Å². The Balaban J connectivity index is 1.64. The quantitative estimate of drug-likeness (QED) is 0.125. The molecule has 55 heavy (non-hydrogen) atoms. The minimum atomic E-state index is -0.0453. The van der Waals surface area contributed by atoms with Crippen molar-refractivity contribution in [2.45, 2.75) is 99.3 Å². The molecule has 0 bridgehead atoms. The van der Waals surface area contributed by atoms with Crippen molar-refractivity contribution in [3.8, 4) is 0 Å². The third kappa shape index (κ3) is 7.52. The highest BCUT2D eigenvalue weighted by Gasteiger charge is 2.28. The van der Waals surface area contributed by atoms with E-state index in [1.54, 1.807) is 0 Å². The molecule has 0 aliphatic carbocycles. The van der Waals surface area contributed by atoms with Crippen LogP contribution in [-0.2, 0) is 16.2 Å². The van der Waals surface area contributed by atoms with Gasteiger partial charge in [-0.15, -0.1) is 0 Å². The number of anilines is 6. The van der Waals surface area contributed by atoms with E-state index in [4.69, 9.17) is 0 Å². The fourth-order valence-electron chi connectivity index (χ4n) is 7.67. The Bertz CT molecular complexity index is 2460. The average molecular weight is 723 g/mol. The van der Waals surface area contributed by atoms with Crippen molar-refractivity contribution in [2.24, 2.45) is 0 Å². The van der Waals surface area contributed by atoms with Gasteiger partial charge in [0.2, 0.25) is 0 Å². The number of hydrogen-bond acceptors (Lipinski definition) is 2. The molecule has 280 valence electrons. The maximum Gasteiger partial charge on any atom is 0.0620 e. The molecule has 0 spiro atoms. The van der Waals surface area contributed by atoms with Crippen molar-refractivity contribution in [1.82, 2.24) is 0 Å². The van der Waals surface area contributed by atoms with Crippen molar-refractivity contribution in [2.75, 3.05) is 9.80 Å². The van der Waals surface area contributed by atoms with Crippen LogP contribution in [0.15, 0.2) is 133 Å². The minimum Gasteiger partial charge on any atom is -0.309 e. The monoisotopic (exact) mass is 722 g/mol. The molecule has 0 saturated heterocycles. The first-order valence-corrected chi connectivity index (χ1v) is 19.9. The Morgan fingerprint density at radius 3 is 0.945 bits per heavy atom. The van der Waals surface area contributed by atoms with E-state index in [-0.39, 0.29) is 16.2 Å². The van der Waals surface area contributed by atoms with E-state index in [2.05, 4.69) is 226 Å². The molecule has 7 rings (SSSR count). The molecule has 0 atom stereocenters. The Labute approximate surface area is 330 Å². The third-order valence-electron chi connectivity index (χ3n) is 11.1. The molecule has 2 nitrogen and oxygen atoms in total. The summed E-state index contributed by atoms with van der Waals surface area (Å²) in [6, 6.07) is 50.7. The number of rotatable bonds is 6. The van der Waals surface area contributed by atoms with Crippen LogP contribution in [-0.4, -0.2) is 0 Å². The van der Waals surface area contributed by atoms with Crippen molar-refractivity contribution in [3.63, 3.8) is 0 Å². The Morgan fingerprint density at radius 2 is 0.582 bits per heavy atom. The summed E-state index contributed by atoms with van der Waals surface area (Å²) in [5.41, 5.74) is 14.7. The van der Waals surface area contributed by atoms with Crippen molar-refractivity contribution in [3.05, 3.63) is 167 Å². The van der Waals surface area contributed by atoms with Crippen LogP contribution in [0.5, 0.6) is 0 Å². The minimum absolute atomic E-state index is 0.0453. The SMILES string of the molecule is Cc1ccc(N(c2ccc(C(C)(C)C)cc2)c2c3ccc(C(C)(C)C)cc3c(N(c3ccc(C)cc3)c3ccc(C(C)(C)C)cc3)c3ccc(C)cc23)cc1. The van der Waals surface area contributed by atoms with E-state index < -0.39 is 0 Å². The van der Waals surface area contributed by atoms with Gasteiger partial charge < -0.3 is 9.80 Å². The smallest absolute Gasteiger partial charge is 0.0620 e. The fraction of sp³-hybridized carbons (Fsp3) is 0.283. The van der Waals surface area contributed by atoms with Crippen LogP contribution >= 0.6 is 0 Å². The van der Waals surface area contributed by atoms with Crippen LogP contribution in [0.4, 0.5) is 34.1 Å². The molecule has 7 aromatic rings. The highest BCUT2D eigenvalue weighted by molar-refractivity contribution is 6.23. The zero-order valence-corrected chi connectivity index (χ0v) is 35.1.